The van der Waals surface area contributed by atoms with Gasteiger partial charge in [0.1, 0.15) is 6.04 Å². The number of aromatic nitrogens is 2. The summed E-state index contributed by atoms with van der Waals surface area (Å²) in [4.78, 5) is 53.2. The van der Waals surface area contributed by atoms with E-state index in [1.807, 2.05) is 48.8 Å². The highest BCUT2D eigenvalue weighted by Gasteiger charge is 2.39. The smallest absolute Gasteiger partial charge is 0.310 e. The number of rotatable bonds is 12. The van der Waals surface area contributed by atoms with E-state index in [0.717, 1.165) is 60.5 Å². The van der Waals surface area contributed by atoms with E-state index >= 15 is 0 Å². The molecule has 4 aliphatic rings. The topological polar surface area (TPSA) is 116 Å². The Balaban J connectivity index is 0.950. The molecule has 2 aromatic heterocycles. The zero-order chi connectivity index (χ0) is 33.9. The Bertz CT molecular complexity index is 1600. The molecule has 2 N–H and O–H groups in total. The molecule has 2 aliphatic carbocycles. The second-order valence-corrected chi connectivity index (χ2v) is 16.0. The lowest BCUT2D eigenvalue weighted by Gasteiger charge is -2.39. The second kappa shape index (κ2) is 15.0. The molecule has 10 heteroatoms. The summed E-state index contributed by atoms with van der Waals surface area (Å²) >= 11 is 1.49. The Morgan fingerprint density at radius 3 is 2.20 bits per heavy atom. The summed E-state index contributed by atoms with van der Waals surface area (Å²) < 4.78 is 0. The van der Waals surface area contributed by atoms with Crippen LogP contribution in [0.5, 0.6) is 0 Å². The Hall–Kier alpha value is -3.79. The first-order chi connectivity index (χ1) is 23.8. The summed E-state index contributed by atoms with van der Waals surface area (Å²) in [6.45, 7) is 4.77. The van der Waals surface area contributed by atoms with Gasteiger partial charge in [-0.15, -0.1) is 11.3 Å². The predicted octanol–water partition coefficient (Wildman–Crippen LogP) is 6.79. The number of likely N-dealkylation sites (tertiary alicyclic amines) is 1. The van der Waals surface area contributed by atoms with Crippen LogP contribution in [0.2, 0.25) is 0 Å². The highest BCUT2D eigenvalue weighted by molar-refractivity contribution is 7.14. The fourth-order valence-electron chi connectivity index (χ4n) is 8.17. The van der Waals surface area contributed by atoms with Crippen molar-refractivity contribution >= 4 is 34.8 Å². The normalized spacial score (nSPS) is 22.4. The van der Waals surface area contributed by atoms with Crippen LogP contribution in [-0.2, 0) is 16.0 Å². The lowest BCUT2D eigenvalue weighted by atomic mass is 9.72. The van der Waals surface area contributed by atoms with Crippen LogP contribution < -0.4 is 10.2 Å². The summed E-state index contributed by atoms with van der Waals surface area (Å²) in [6.07, 6.45) is 17.4. The average Bonchev–Trinajstić information content (AvgIpc) is 3.83. The lowest BCUT2D eigenvalue weighted by molar-refractivity contribution is -0.153. The Labute approximate surface area is 293 Å². The molecule has 2 saturated carbocycles. The summed E-state index contributed by atoms with van der Waals surface area (Å²) in [6, 6.07) is 10.9. The van der Waals surface area contributed by atoms with Gasteiger partial charge in [0.2, 0.25) is 5.91 Å². The molecule has 1 atom stereocenters. The molecule has 2 saturated heterocycles. The standard InChI is InChI=1S/C39H49N5O4S/c1-2-3-25-4-8-27(9-5-25)28-16-18-43(19-17-28)32-21-40-36(41-22-32)30-10-6-26(7-11-30)20-33(38(46)44-23-31(24-44)39(47)48)42-37(45)35-15-14-34(49-35)29-12-13-29/h6-7,10-11,14-15,21-22,25,27-29,31,33H,2-5,8-9,12-13,16-20,23-24H2,1H3,(H,42,45)(H,47,48)/t25?,27?,33-/m0/s1. The largest absolute Gasteiger partial charge is 0.481 e. The molecule has 2 aliphatic heterocycles. The lowest BCUT2D eigenvalue weighted by Crippen LogP contribution is -2.59. The number of piperidine rings is 1. The highest BCUT2D eigenvalue weighted by Crippen LogP contribution is 2.43. The minimum Gasteiger partial charge on any atom is -0.481 e. The van der Waals surface area contributed by atoms with Crippen LogP contribution in [0, 0.1) is 23.7 Å². The number of carboxylic acids is 1. The van der Waals surface area contributed by atoms with Gasteiger partial charge in [0.15, 0.2) is 5.82 Å². The molecule has 49 heavy (non-hydrogen) atoms. The van der Waals surface area contributed by atoms with Gasteiger partial charge in [-0.25, -0.2) is 9.97 Å². The first-order valence-corrected chi connectivity index (χ1v) is 19.2. The predicted molar refractivity (Wildman–Crippen MR) is 192 cm³/mol. The monoisotopic (exact) mass is 683 g/mol. The average molecular weight is 684 g/mol. The Morgan fingerprint density at radius 1 is 0.898 bits per heavy atom. The molecular weight excluding hydrogens is 635 g/mol. The third-order valence-electron chi connectivity index (χ3n) is 11.4. The fourth-order valence-corrected chi connectivity index (χ4v) is 9.25. The molecule has 9 nitrogen and oxygen atoms in total. The van der Waals surface area contributed by atoms with E-state index in [4.69, 9.17) is 9.97 Å². The number of nitrogens with one attached hydrogen (secondary N) is 1. The number of benzene rings is 1. The number of anilines is 1. The van der Waals surface area contributed by atoms with Crippen molar-refractivity contribution in [1.82, 2.24) is 20.2 Å². The number of hydrogen-bond acceptors (Lipinski definition) is 7. The van der Waals surface area contributed by atoms with Crippen LogP contribution >= 0.6 is 11.3 Å². The summed E-state index contributed by atoms with van der Waals surface area (Å²) in [7, 11) is 0. The van der Waals surface area contributed by atoms with Crippen molar-refractivity contribution in [3.63, 3.8) is 0 Å². The maximum atomic E-state index is 13.5. The van der Waals surface area contributed by atoms with E-state index < -0.39 is 17.9 Å². The van der Waals surface area contributed by atoms with E-state index in [0.29, 0.717) is 23.0 Å². The van der Waals surface area contributed by atoms with Gasteiger partial charge < -0.3 is 20.2 Å². The number of amides is 2. The number of nitrogens with zero attached hydrogens (tertiary/aromatic N) is 4. The van der Waals surface area contributed by atoms with Crippen LogP contribution in [0.15, 0.2) is 48.8 Å². The number of carbonyl (C=O) groups excluding carboxylic acids is 2. The number of aliphatic carboxylic acids is 1. The number of carbonyl (C=O) groups is 3. The van der Waals surface area contributed by atoms with Gasteiger partial charge in [0, 0.05) is 43.0 Å². The maximum absolute atomic E-state index is 13.5. The van der Waals surface area contributed by atoms with Crippen molar-refractivity contribution in [2.75, 3.05) is 31.1 Å². The fraction of sp³-hybridized carbons (Fsp3) is 0.564. The molecule has 0 spiro atoms. The molecule has 1 aromatic carbocycles. The minimum atomic E-state index is -0.902. The van der Waals surface area contributed by atoms with Crippen LogP contribution in [0.1, 0.15) is 97.2 Å². The zero-order valence-electron chi connectivity index (χ0n) is 28.6. The third-order valence-corrected chi connectivity index (χ3v) is 12.7. The molecule has 3 aromatic rings. The van der Waals surface area contributed by atoms with Crippen molar-refractivity contribution < 1.29 is 19.5 Å². The molecule has 4 fully saturated rings. The van der Waals surface area contributed by atoms with Gasteiger partial charge in [0.05, 0.1) is 28.9 Å². The van der Waals surface area contributed by atoms with E-state index in [2.05, 4.69) is 17.1 Å². The molecule has 0 bridgehead atoms. The Morgan fingerprint density at radius 2 is 1.57 bits per heavy atom. The van der Waals surface area contributed by atoms with Crippen LogP contribution in [0.25, 0.3) is 11.4 Å². The van der Waals surface area contributed by atoms with Gasteiger partial charge in [-0.2, -0.15) is 0 Å². The third kappa shape index (κ3) is 8.00. The summed E-state index contributed by atoms with van der Waals surface area (Å²) in [5.41, 5.74) is 2.85. The van der Waals surface area contributed by atoms with E-state index in [9.17, 15) is 19.5 Å². The molecule has 260 valence electrons. The van der Waals surface area contributed by atoms with Crippen molar-refractivity contribution in [3.05, 3.63) is 64.1 Å². The molecule has 4 heterocycles. The van der Waals surface area contributed by atoms with Gasteiger partial charge in [-0.3, -0.25) is 14.4 Å². The van der Waals surface area contributed by atoms with Gasteiger partial charge in [-0.05, 0) is 79.9 Å². The quantitative estimate of drug-likeness (QED) is 0.216. The molecule has 7 rings (SSSR count). The van der Waals surface area contributed by atoms with Crippen molar-refractivity contribution in [2.45, 2.75) is 89.5 Å². The van der Waals surface area contributed by atoms with Crippen molar-refractivity contribution in [2.24, 2.45) is 23.7 Å². The van der Waals surface area contributed by atoms with Crippen LogP contribution in [0.3, 0.4) is 0 Å². The number of hydrogen-bond donors (Lipinski definition) is 2. The van der Waals surface area contributed by atoms with E-state index in [1.165, 1.54) is 72.5 Å². The zero-order valence-corrected chi connectivity index (χ0v) is 29.4. The first kappa shape index (κ1) is 33.7. The van der Waals surface area contributed by atoms with Crippen LogP contribution in [-0.4, -0.2) is 70.0 Å². The SMILES string of the molecule is CCCC1CCC(C2CCN(c3cnc(-c4ccc(C[C@H](NC(=O)c5ccc(C6CC6)s5)C(=O)N5CC(C(=O)O)C5)cc4)nc3)CC2)CC1. The summed E-state index contributed by atoms with van der Waals surface area (Å²) in [5, 5.41) is 12.3. The van der Waals surface area contributed by atoms with E-state index in [-0.39, 0.29) is 24.9 Å². The van der Waals surface area contributed by atoms with Crippen molar-refractivity contribution in [1.29, 1.82) is 0 Å². The minimum absolute atomic E-state index is 0.162. The molecule has 0 radical (unpaired) electrons. The summed E-state index contributed by atoms with van der Waals surface area (Å²) in [5.74, 6) is 1.94. The first-order valence-electron chi connectivity index (χ1n) is 18.4. The number of thiophene rings is 1. The maximum Gasteiger partial charge on any atom is 0.310 e. The van der Waals surface area contributed by atoms with Gasteiger partial charge in [0.25, 0.3) is 5.91 Å². The van der Waals surface area contributed by atoms with E-state index in [1.54, 1.807) is 0 Å². The highest BCUT2D eigenvalue weighted by atomic mass is 32.1. The number of carboxylic acid groups (broad SMARTS) is 1. The van der Waals surface area contributed by atoms with Gasteiger partial charge in [-0.1, -0.05) is 56.9 Å². The van der Waals surface area contributed by atoms with Gasteiger partial charge >= 0.3 is 5.97 Å². The molecular formula is C39H49N5O4S. The molecule has 2 amide bonds. The molecule has 0 unspecified atom stereocenters. The van der Waals surface area contributed by atoms with Crippen LogP contribution in [0.4, 0.5) is 5.69 Å². The Kier molecular flexibility index (Phi) is 10.3. The second-order valence-electron chi connectivity index (χ2n) is 14.8. The van der Waals surface area contributed by atoms with Crippen molar-refractivity contribution in [3.8, 4) is 11.4 Å².